The predicted molar refractivity (Wildman–Crippen MR) is 129 cm³/mol. The van der Waals surface area contributed by atoms with Gasteiger partial charge in [-0.05, 0) is 60.9 Å². The molecule has 0 fully saturated rings. The molecule has 0 spiro atoms. The zero-order chi connectivity index (χ0) is 23.2. The highest BCUT2D eigenvalue weighted by Gasteiger charge is 2.21. The summed E-state index contributed by atoms with van der Waals surface area (Å²) in [6.45, 7) is 4.38. The number of carbonyl (C=O) groups excluding carboxylic acids is 2. The van der Waals surface area contributed by atoms with Crippen molar-refractivity contribution in [2.24, 2.45) is 0 Å². The molecule has 0 aliphatic heterocycles. The Kier molecular flexibility index (Phi) is 6.90. The number of hydrogen-bond donors (Lipinski definition) is 2. The number of benzene rings is 2. The minimum atomic E-state index is -0.357. The summed E-state index contributed by atoms with van der Waals surface area (Å²) < 4.78 is 10.7. The first kappa shape index (κ1) is 22.4. The molecule has 4 aromatic rings. The topological polar surface area (TPSA) is 80.6 Å². The molecule has 0 saturated heterocycles. The zero-order valence-electron chi connectivity index (χ0n) is 18.3. The van der Waals surface area contributed by atoms with Crippen LogP contribution < -0.4 is 15.4 Å². The van der Waals surface area contributed by atoms with Gasteiger partial charge in [0.25, 0.3) is 11.8 Å². The summed E-state index contributed by atoms with van der Waals surface area (Å²) >= 11 is 1.23. The van der Waals surface area contributed by atoms with Crippen LogP contribution in [0.5, 0.6) is 5.75 Å². The van der Waals surface area contributed by atoms with Crippen LogP contribution in [0.2, 0.25) is 0 Å². The van der Waals surface area contributed by atoms with Crippen LogP contribution in [-0.4, -0.2) is 18.4 Å². The van der Waals surface area contributed by atoms with Crippen molar-refractivity contribution in [3.05, 3.63) is 106 Å². The Morgan fingerprint density at radius 1 is 0.970 bits per heavy atom. The van der Waals surface area contributed by atoms with E-state index in [1.54, 1.807) is 18.2 Å². The Labute approximate surface area is 196 Å². The van der Waals surface area contributed by atoms with Crippen LogP contribution in [0.4, 0.5) is 5.00 Å². The number of thiophene rings is 1. The first-order chi connectivity index (χ1) is 16.0. The van der Waals surface area contributed by atoms with Crippen molar-refractivity contribution in [3.8, 4) is 5.75 Å². The highest BCUT2D eigenvalue weighted by molar-refractivity contribution is 7.18. The number of anilines is 1. The first-order valence-corrected chi connectivity index (χ1v) is 11.4. The molecule has 2 aromatic carbocycles. The molecule has 2 aromatic heterocycles. The minimum Gasteiger partial charge on any atom is -0.494 e. The van der Waals surface area contributed by atoms with E-state index in [-0.39, 0.29) is 23.6 Å². The molecule has 168 valence electrons. The van der Waals surface area contributed by atoms with Crippen molar-refractivity contribution in [3.63, 3.8) is 0 Å². The molecular weight excluding hydrogens is 436 g/mol. The molecule has 0 saturated carbocycles. The average Bonchev–Trinajstić information content (AvgIpc) is 3.49. The lowest BCUT2D eigenvalue weighted by Gasteiger charge is -2.20. The third kappa shape index (κ3) is 5.32. The van der Waals surface area contributed by atoms with E-state index in [9.17, 15) is 9.59 Å². The van der Waals surface area contributed by atoms with E-state index in [2.05, 4.69) is 10.6 Å². The number of nitrogens with one attached hydrogen (secondary N) is 2. The van der Waals surface area contributed by atoms with Crippen LogP contribution in [0.25, 0.3) is 0 Å². The Balaban J connectivity index is 1.56. The second-order valence-electron chi connectivity index (χ2n) is 7.37. The third-order valence-corrected chi connectivity index (χ3v) is 6.19. The molecule has 0 bridgehead atoms. The normalized spacial score (nSPS) is 11.6. The predicted octanol–water partition coefficient (Wildman–Crippen LogP) is 5.82. The highest BCUT2D eigenvalue weighted by Crippen LogP contribution is 2.30. The summed E-state index contributed by atoms with van der Waals surface area (Å²) in [6.07, 6.45) is 1.44. The van der Waals surface area contributed by atoms with Crippen LogP contribution in [0.1, 0.15) is 49.9 Å². The van der Waals surface area contributed by atoms with E-state index in [0.29, 0.717) is 16.5 Å². The van der Waals surface area contributed by atoms with Gasteiger partial charge in [0.05, 0.1) is 28.8 Å². The third-order valence-electron chi connectivity index (χ3n) is 5.04. The lowest BCUT2D eigenvalue weighted by Crippen LogP contribution is -2.29. The van der Waals surface area contributed by atoms with Gasteiger partial charge in [-0.3, -0.25) is 9.59 Å². The van der Waals surface area contributed by atoms with E-state index in [1.165, 1.54) is 17.6 Å². The molecule has 33 heavy (non-hydrogen) atoms. The standard InChI is InChI=1S/C26H24N2O4S/c1-3-31-20-13-11-19(12-14-20)23(18-8-5-4-6-9-18)28-26(30)24-17(2)16-22(33-24)27-25(29)21-10-7-15-32-21/h4-16,23H,3H2,1-2H3,(H,27,29)(H,28,30). The molecule has 1 atom stereocenters. The highest BCUT2D eigenvalue weighted by atomic mass is 32.1. The summed E-state index contributed by atoms with van der Waals surface area (Å²) in [6, 6.07) is 22.2. The molecule has 4 rings (SSSR count). The monoisotopic (exact) mass is 460 g/mol. The number of carbonyl (C=O) groups is 2. The van der Waals surface area contributed by atoms with Crippen molar-refractivity contribution in [2.75, 3.05) is 11.9 Å². The number of furan rings is 1. The number of amides is 2. The lowest BCUT2D eigenvalue weighted by atomic mass is 9.98. The summed E-state index contributed by atoms with van der Waals surface area (Å²) in [5, 5.41) is 6.52. The van der Waals surface area contributed by atoms with Crippen molar-refractivity contribution in [2.45, 2.75) is 19.9 Å². The van der Waals surface area contributed by atoms with Crippen molar-refractivity contribution >= 4 is 28.2 Å². The molecule has 6 nitrogen and oxygen atoms in total. The Hall–Kier alpha value is -3.84. The quantitative estimate of drug-likeness (QED) is 0.347. The summed E-state index contributed by atoms with van der Waals surface area (Å²) in [5.41, 5.74) is 2.69. The molecule has 2 heterocycles. The van der Waals surface area contributed by atoms with E-state index in [0.717, 1.165) is 22.4 Å². The summed E-state index contributed by atoms with van der Waals surface area (Å²) in [5.74, 6) is 0.431. The minimum absolute atomic E-state index is 0.210. The molecule has 0 radical (unpaired) electrons. The van der Waals surface area contributed by atoms with Gasteiger partial charge in [-0.1, -0.05) is 42.5 Å². The maximum atomic E-state index is 13.3. The number of rotatable bonds is 8. The van der Waals surface area contributed by atoms with Gasteiger partial charge in [-0.2, -0.15) is 0 Å². The van der Waals surface area contributed by atoms with E-state index < -0.39 is 0 Å². The molecule has 2 N–H and O–H groups in total. The molecular formula is C26H24N2O4S. The van der Waals surface area contributed by atoms with Gasteiger partial charge in [-0.25, -0.2) is 0 Å². The van der Waals surface area contributed by atoms with Gasteiger partial charge in [-0.15, -0.1) is 11.3 Å². The molecule has 0 aliphatic carbocycles. The molecule has 7 heteroatoms. The summed E-state index contributed by atoms with van der Waals surface area (Å²) in [7, 11) is 0. The van der Waals surface area contributed by atoms with Gasteiger partial charge >= 0.3 is 0 Å². The maximum absolute atomic E-state index is 13.3. The van der Waals surface area contributed by atoms with Crippen molar-refractivity contribution in [1.29, 1.82) is 0 Å². The zero-order valence-corrected chi connectivity index (χ0v) is 19.1. The van der Waals surface area contributed by atoms with E-state index in [1.807, 2.05) is 68.4 Å². The maximum Gasteiger partial charge on any atom is 0.291 e. The lowest BCUT2D eigenvalue weighted by molar-refractivity contribution is 0.0945. The van der Waals surface area contributed by atoms with Gasteiger partial charge in [0.15, 0.2) is 5.76 Å². The first-order valence-electron chi connectivity index (χ1n) is 10.6. The second kappa shape index (κ2) is 10.2. The largest absolute Gasteiger partial charge is 0.494 e. The molecule has 1 unspecified atom stereocenters. The van der Waals surface area contributed by atoms with Gasteiger partial charge in [0, 0.05) is 0 Å². The average molecular weight is 461 g/mol. The van der Waals surface area contributed by atoms with Crippen molar-refractivity contribution < 1.29 is 18.7 Å². The van der Waals surface area contributed by atoms with Crippen LogP contribution in [0.3, 0.4) is 0 Å². The van der Waals surface area contributed by atoms with Crippen LogP contribution in [0, 0.1) is 6.92 Å². The van der Waals surface area contributed by atoms with E-state index in [4.69, 9.17) is 9.15 Å². The van der Waals surface area contributed by atoms with Crippen LogP contribution in [0.15, 0.2) is 83.5 Å². The number of aryl methyl sites for hydroxylation is 1. The smallest absolute Gasteiger partial charge is 0.291 e. The fourth-order valence-electron chi connectivity index (χ4n) is 3.47. The Morgan fingerprint density at radius 2 is 1.70 bits per heavy atom. The second-order valence-corrected chi connectivity index (χ2v) is 8.43. The SMILES string of the molecule is CCOc1ccc(C(NC(=O)c2sc(NC(=O)c3ccco3)cc2C)c2ccccc2)cc1. The Morgan fingerprint density at radius 3 is 2.36 bits per heavy atom. The number of ether oxygens (including phenoxy) is 1. The fourth-order valence-corrected chi connectivity index (χ4v) is 4.45. The van der Waals surface area contributed by atoms with Gasteiger partial charge in [0.2, 0.25) is 0 Å². The van der Waals surface area contributed by atoms with E-state index >= 15 is 0 Å². The van der Waals surface area contributed by atoms with Crippen LogP contribution >= 0.6 is 11.3 Å². The molecule has 0 aliphatic rings. The summed E-state index contributed by atoms with van der Waals surface area (Å²) in [4.78, 5) is 26.1. The van der Waals surface area contributed by atoms with Crippen molar-refractivity contribution in [1.82, 2.24) is 5.32 Å². The Bertz CT molecular complexity index is 1220. The number of hydrogen-bond acceptors (Lipinski definition) is 5. The van der Waals surface area contributed by atoms with Gasteiger partial charge in [0.1, 0.15) is 5.75 Å². The van der Waals surface area contributed by atoms with Crippen LogP contribution in [-0.2, 0) is 0 Å². The molecule has 2 amide bonds. The fraction of sp³-hybridized carbons (Fsp3) is 0.154. The van der Waals surface area contributed by atoms with Gasteiger partial charge < -0.3 is 19.8 Å².